The molecule has 1 aromatic rings. The number of benzene rings is 1. The van der Waals surface area contributed by atoms with Gasteiger partial charge in [0.15, 0.2) is 5.96 Å². The van der Waals surface area contributed by atoms with Gasteiger partial charge in [-0.2, -0.15) is 0 Å². The lowest BCUT2D eigenvalue weighted by Gasteiger charge is -2.15. The molecule has 0 spiro atoms. The van der Waals surface area contributed by atoms with E-state index in [1.807, 2.05) is 6.92 Å². The molecular weight excluding hydrogens is 493 g/mol. The summed E-state index contributed by atoms with van der Waals surface area (Å²) in [6, 6.07) is 6.86. The average molecular weight is 523 g/mol. The van der Waals surface area contributed by atoms with Gasteiger partial charge in [0.1, 0.15) is 0 Å². The Labute approximate surface area is 184 Å². The second-order valence-corrected chi connectivity index (χ2v) is 8.70. The van der Waals surface area contributed by atoms with Crippen LogP contribution in [-0.4, -0.2) is 58.3 Å². The molecule has 0 atom stereocenters. The molecule has 0 saturated heterocycles. The predicted molar refractivity (Wildman–Crippen MR) is 121 cm³/mol. The molecule has 28 heavy (non-hydrogen) atoms. The third-order valence-corrected chi connectivity index (χ3v) is 6.06. The van der Waals surface area contributed by atoms with Gasteiger partial charge in [0.05, 0.1) is 11.4 Å². The largest absolute Gasteiger partial charge is 0.357 e. The molecule has 0 heterocycles. The zero-order valence-corrected chi connectivity index (χ0v) is 19.7. The summed E-state index contributed by atoms with van der Waals surface area (Å²) >= 11 is 0. The summed E-state index contributed by atoms with van der Waals surface area (Å²) in [4.78, 5) is 16.4. The van der Waals surface area contributed by atoms with Gasteiger partial charge in [0, 0.05) is 39.6 Å². The molecule has 10 heteroatoms. The quantitative estimate of drug-likeness (QED) is 0.195. The summed E-state index contributed by atoms with van der Waals surface area (Å²) in [6.07, 6.45) is 1.97. The van der Waals surface area contributed by atoms with Gasteiger partial charge in [0.2, 0.25) is 15.9 Å². The van der Waals surface area contributed by atoms with Gasteiger partial charge in [-0.15, -0.1) is 24.0 Å². The Balaban J connectivity index is 0.00000392. The van der Waals surface area contributed by atoms with E-state index in [4.69, 9.17) is 0 Å². The minimum Gasteiger partial charge on any atom is -0.357 e. The van der Waals surface area contributed by atoms with E-state index in [-0.39, 0.29) is 47.2 Å². The highest BCUT2D eigenvalue weighted by Gasteiger charge is 2.29. The Morgan fingerprint density at radius 2 is 1.79 bits per heavy atom. The van der Waals surface area contributed by atoms with Crippen molar-refractivity contribution in [2.75, 3.05) is 33.7 Å². The number of nitrogens with zero attached hydrogens (tertiary/aromatic N) is 2. The van der Waals surface area contributed by atoms with Crippen molar-refractivity contribution in [3.8, 4) is 0 Å². The predicted octanol–water partition coefficient (Wildman–Crippen LogP) is 1.14. The number of aliphatic imine (C=N–C) groups is 1. The molecule has 1 saturated carbocycles. The summed E-state index contributed by atoms with van der Waals surface area (Å²) < 4.78 is 26.1. The van der Waals surface area contributed by atoms with Gasteiger partial charge in [-0.1, -0.05) is 18.2 Å². The summed E-state index contributed by atoms with van der Waals surface area (Å²) in [7, 11) is -0.503. The van der Waals surface area contributed by atoms with E-state index in [2.05, 4.69) is 20.9 Å². The van der Waals surface area contributed by atoms with Gasteiger partial charge in [0.25, 0.3) is 0 Å². The minimum atomic E-state index is -3.52. The van der Waals surface area contributed by atoms with Gasteiger partial charge in [-0.3, -0.25) is 4.79 Å². The Bertz CT molecular complexity index is 779. The second kappa shape index (κ2) is 11.6. The first-order valence-corrected chi connectivity index (χ1v) is 10.6. The highest BCUT2D eigenvalue weighted by molar-refractivity contribution is 14.0. The van der Waals surface area contributed by atoms with E-state index in [0.717, 1.165) is 12.8 Å². The highest BCUT2D eigenvalue weighted by Crippen LogP contribution is 2.28. The first kappa shape index (κ1) is 24.6. The third-order valence-electron chi connectivity index (χ3n) is 4.15. The molecule has 3 N–H and O–H groups in total. The molecule has 1 amide bonds. The molecule has 0 unspecified atom stereocenters. The monoisotopic (exact) mass is 523 g/mol. The summed E-state index contributed by atoms with van der Waals surface area (Å²) in [5.74, 6) is 0.888. The molecule has 0 aromatic heterocycles. The van der Waals surface area contributed by atoms with E-state index in [9.17, 15) is 13.2 Å². The number of nitrogens with one attached hydrogen (secondary N) is 3. The fourth-order valence-corrected chi connectivity index (χ4v) is 3.55. The highest BCUT2D eigenvalue weighted by atomic mass is 127. The molecule has 0 bridgehead atoms. The van der Waals surface area contributed by atoms with Crippen molar-refractivity contribution in [2.24, 2.45) is 10.9 Å². The fraction of sp³-hybridized carbons (Fsp3) is 0.556. The first-order valence-electron chi connectivity index (χ1n) is 9.16. The van der Waals surface area contributed by atoms with E-state index in [1.54, 1.807) is 24.3 Å². The lowest BCUT2D eigenvalue weighted by Crippen LogP contribution is -2.41. The zero-order chi connectivity index (χ0) is 19.9. The number of sulfonamides is 1. The van der Waals surface area contributed by atoms with E-state index in [1.165, 1.54) is 18.4 Å². The van der Waals surface area contributed by atoms with E-state index in [0.29, 0.717) is 31.2 Å². The molecular formula is C18H30IN5O3S. The molecule has 0 radical (unpaired) electrons. The molecule has 0 aliphatic heterocycles. The van der Waals surface area contributed by atoms with Crippen LogP contribution in [0.25, 0.3) is 0 Å². The Morgan fingerprint density at radius 1 is 1.14 bits per heavy atom. The van der Waals surface area contributed by atoms with Crippen LogP contribution in [0.1, 0.15) is 25.3 Å². The fourth-order valence-electron chi connectivity index (χ4n) is 2.45. The van der Waals surface area contributed by atoms with Crippen LogP contribution in [0.2, 0.25) is 0 Å². The van der Waals surface area contributed by atoms with Crippen molar-refractivity contribution in [3.63, 3.8) is 0 Å². The smallest absolute Gasteiger partial charge is 0.242 e. The van der Waals surface area contributed by atoms with Gasteiger partial charge < -0.3 is 16.0 Å². The maximum Gasteiger partial charge on any atom is 0.242 e. The molecule has 8 nitrogen and oxygen atoms in total. The maximum atomic E-state index is 12.5. The van der Waals surface area contributed by atoms with Crippen LogP contribution in [0.15, 0.2) is 34.2 Å². The van der Waals surface area contributed by atoms with Crippen molar-refractivity contribution < 1.29 is 13.2 Å². The maximum absolute atomic E-state index is 12.5. The van der Waals surface area contributed by atoms with Crippen LogP contribution < -0.4 is 16.0 Å². The van der Waals surface area contributed by atoms with Crippen molar-refractivity contribution >= 4 is 45.9 Å². The minimum absolute atomic E-state index is 0. The molecule has 158 valence electrons. The molecule has 1 aliphatic carbocycles. The molecule has 1 aromatic carbocycles. The van der Waals surface area contributed by atoms with Crippen LogP contribution in [-0.2, 0) is 21.4 Å². The average Bonchev–Trinajstić information content (AvgIpc) is 3.48. The number of carbonyl (C=O) groups is 1. The van der Waals surface area contributed by atoms with Crippen LogP contribution >= 0.6 is 24.0 Å². The van der Waals surface area contributed by atoms with Crippen LogP contribution in [0.3, 0.4) is 0 Å². The van der Waals surface area contributed by atoms with E-state index < -0.39 is 10.0 Å². The SMILES string of the molecule is CCNC(=NCc1ccccc1S(=O)(=O)N(C)C)NCCNC(=O)C1CC1.I. The van der Waals surface area contributed by atoms with Crippen molar-refractivity contribution in [1.82, 2.24) is 20.3 Å². The number of carbonyl (C=O) groups excluding carboxylic acids is 1. The summed E-state index contributed by atoms with van der Waals surface area (Å²) in [5.41, 5.74) is 0.630. The van der Waals surface area contributed by atoms with Gasteiger partial charge in [-0.25, -0.2) is 17.7 Å². The van der Waals surface area contributed by atoms with Crippen molar-refractivity contribution in [1.29, 1.82) is 0 Å². The Hall–Kier alpha value is -1.40. The lowest BCUT2D eigenvalue weighted by molar-refractivity contribution is -0.122. The van der Waals surface area contributed by atoms with Gasteiger partial charge >= 0.3 is 0 Å². The van der Waals surface area contributed by atoms with Crippen molar-refractivity contribution in [3.05, 3.63) is 29.8 Å². The number of rotatable bonds is 9. The number of guanidine groups is 1. The van der Waals surface area contributed by atoms with E-state index >= 15 is 0 Å². The van der Waals surface area contributed by atoms with Gasteiger partial charge in [-0.05, 0) is 31.4 Å². The van der Waals surface area contributed by atoms with Crippen LogP contribution in [0.4, 0.5) is 0 Å². The Kier molecular flexibility index (Phi) is 10.2. The summed E-state index contributed by atoms with van der Waals surface area (Å²) in [5, 5.41) is 9.16. The van der Waals surface area contributed by atoms with Crippen LogP contribution in [0.5, 0.6) is 0 Å². The second-order valence-electron chi connectivity index (χ2n) is 6.58. The number of hydrogen-bond acceptors (Lipinski definition) is 4. The normalized spacial score (nSPS) is 14.4. The summed E-state index contributed by atoms with van der Waals surface area (Å²) in [6.45, 7) is 3.93. The lowest BCUT2D eigenvalue weighted by atomic mass is 10.2. The number of hydrogen-bond donors (Lipinski definition) is 3. The zero-order valence-electron chi connectivity index (χ0n) is 16.6. The van der Waals surface area contributed by atoms with Crippen molar-refractivity contribution in [2.45, 2.75) is 31.2 Å². The third kappa shape index (κ3) is 7.21. The first-order chi connectivity index (χ1) is 12.9. The van der Waals surface area contributed by atoms with Crippen LogP contribution in [0, 0.1) is 5.92 Å². The topological polar surface area (TPSA) is 103 Å². The number of amides is 1. The number of halogens is 1. The Morgan fingerprint density at radius 3 is 2.39 bits per heavy atom. The standard InChI is InChI=1S/C18H29N5O3S.HI/c1-4-19-18(21-12-11-20-17(24)14-9-10-14)22-13-15-7-5-6-8-16(15)27(25,26)23(2)3;/h5-8,14H,4,9-13H2,1-3H3,(H,20,24)(H2,19,21,22);1H. The molecule has 2 rings (SSSR count). The molecule has 1 aliphatic rings. The molecule has 1 fully saturated rings.